The van der Waals surface area contributed by atoms with Crippen LogP contribution in [-0.2, 0) is 13.1 Å². The highest BCUT2D eigenvalue weighted by molar-refractivity contribution is 8.00. The molecule has 2 atom stereocenters. The van der Waals surface area contributed by atoms with Crippen LogP contribution < -0.4 is 5.32 Å². The molecule has 2 nitrogen and oxygen atoms in total. The summed E-state index contributed by atoms with van der Waals surface area (Å²) in [7, 11) is 0. The molecule has 2 unspecified atom stereocenters. The Bertz CT molecular complexity index is 453. The maximum absolute atomic E-state index is 3.61. The van der Waals surface area contributed by atoms with Crippen LogP contribution in [0.25, 0.3) is 0 Å². The summed E-state index contributed by atoms with van der Waals surface area (Å²) in [5, 5.41) is 4.35. The molecule has 1 fully saturated rings. The fourth-order valence-electron chi connectivity index (χ4n) is 2.68. The average Bonchev–Trinajstić information content (AvgIpc) is 2.42. The minimum atomic E-state index is 0.163. The quantitative estimate of drug-likeness (QED) is 0.908. The Morgan fingerprint density at radius 2 is 1.86 bits per heavy atom. The van der Waals surface area contributed by atoms with E-state index in [1.165, 1.54) is 23.4 Å². The molecule has 3 heteroatoms. The van der Waals surface area contributed by atoms with E-state index in [-0.39, 0.29) is 5.54 Å². The van der Waals surface area contributed by atoms with Gasteiger partial charge in [-0.2, -0.15) is 11.8 Å². The minimum Gasteiger partial charge on any atom is -0.308 e. The number of thioether (sulfide) groups is 1. The Morgan fingerprint density at radius 3 is 2.52 bits per heavy atom. The zero-order valence-corrected chi connectivity index (χ0v) is 15.0. The van der Waals surface area contributed by atoms with Crippen LogP contribution >= 0.6 is 11.8 Å². The van der Waals surface area contributed by atoms with Crippen LogP contribution in [-0.4, -0.2) is 34.0 Å². The van der Waals surface area contributed by atoms with Crippen molar-refractivity contribution in [3.05, 3.63) is 35.4 Å². The molecule has 0 aromatic heterocycles. The van der Waals surface area contributed by atoms with Crippen LogP contribution in [0.15, 0.2) is 24.3 Å². The molecule has 0 amide bonds. The fourth-order valence-corrected chi connectivity index (χ4v) is 3.84. The van der Waals surface area contributed by atoms with Gasteiger partial charge in [-0.15, -0.1) is 0 Å². The van der Waals surface area contributed by atoms with Crippen molar-refractivity contribution in [3.8, 4) is 0 Å². The van der Waals surface area contributed by atoms with Crippen molar-refractivity contribution in [1.82, 2.24) is 10.2 Å². The van der Waals surface area contributed by atoms with Crippen molar-refractivity contribution < 1.29 is 0 Å². The van der Waals surface area contributed by atoms with Crippen molar-refractivity contribution in [3.63, 3.8) is 0 Å². The summed E-state index contributed by atoms with van der Waals surface area (Å²) in [6.07, 6.45) is 0. The minimum absolute atomic E-state index is 0.163. The molecule has 0 saturated carbocycles. The van der Waals surface area contributed by atoms with Gasteiger partial charge in [0.05, 0.1) is 0 Å². The molecule has 1 heterocycles. The Labute approximate surface area is 134 Å². The molecule has 0 bridgehead atoms. The lowest BCUT2D eigenvalue weighted by Crippen LogP contribution is -2.44. The van der Waals surface area contributed by atoms with E-state index in [2.05, 4.69) is 80.9 Å². The summed E-state index contributed by atoms with van der Waals surface area (Å²) in [6.45, 7) is 14.6. The molecule has 1 aromatic carbocycles. The number of rotatable bonds is 4. The Hall–Kier alpha value is -0.510. The Kier molecular flexibility index (Phi) is 5.75. The first kappa shape index (κ1) is 16.9. The average molecular weight is 307 g/mol. The van der Waals surface area contributed by atoms with Crippen molar-refractivity contribution >= 4 is 11.8 Å². The molecule has 1 aromatic rings. The summed E-state index contributed by atoms with van der Waals surface area (Å²) in [4.78, 5) is 2.64. The van der Waals surface area contributed by atoms with Crippen molar-refractivity contribution in [2.75, 3.05) is 12.3 Å². The van der Waals surface area contributed by atoms with Crippen LogP contribution in [0, 0.1) is 0 Å². The predicted molar refractivity (Wildman–Crippen MR) is 94.8 cm³/mol. The van der Waals surface area contributed by atoms with Crippen LogP contribution in [0.3, 0.4) is 0 Å². The van der Waals surface area contributed by atoms with E-state index in [9.17, 15) is 0 Å². The second kappa shape index (κ2) is 7.17. The van der Waals surface area contributed by atoms with Crippen molar-refractivity contribution in [1.29, 1.82) is 0 Å². The maximum Gasteiger partial charge on any atom is 0.0240 e. The van der Waals surface area contributed by atoms with Gasteiger partial charge in [0.1, 0.15) is 0 Å². The smallest absolute Gasteiger partial charge is 0.0240 e. The third-order valence-electron chi connectivity index (χ3n) is 4.32. The van der Waals surface area contributed by atoms with Crippen LogP contribution in [0.1, 0.15) is 45.7 Å². The molecule has 1 aliphatic heterocycles. The first-order chi connectivity index (χ1) is 9.87. The second-order valence-corrected chi connectivity index (χ2v) is 8.64. The molecule has 1 saturated heterocycles. The molecule has 1 aliphatic rings. The first-order valence-corrected chi connectivity index (χ1v) is 9.09. The van der Waals surface area contributed by atoms with Gasteiger partial charge in [0.15, 0.2) is 0 Å². The zero-order chi connectivity index (χ0) is 15.5. The molecular weight excluding hydrogens is 276 g/mol. The van der Waals surface area contributed by atoms with Crippen molar-refractivity contribution in [2.24, 2.45) is 0 Å². The van der Waals surface area contributed by atoms with Crippen LogP contribution in [0.4, 0.5) is 0 Å². The highest BCUT2D eigenvalue weighted by atomic mass is 32.2. The fraction of sp³-hybridized carbons (Fsp3) is 0.667. The molecule has 0 radical (unpaired) electrons. The summed E-state index contributed by atoms with van der Waals surface area (Å²) < 4.78 is 0. The largest absolute Gasteiger partial charge is 0.308 e. The molecule has 118 valence electrons. The van der Waals surface area contributed by atoms with E-state index in [1.54, 1.807) is 0 Å². The van der Waals surface area contributed by atoms with E-state index in [4.69, 9.17) is 0 Å². The number of nitrogens with zero attached hydrogens (tertiary/aromatic N) is 1. The summed E-state index contributed by atoms with van der Waals surface area (Å²) in [5.74, 6) is 1.26. The summed E-state index contributed by atoms with van der Waals surface area (Å²) in [6, 6.07) is 9.54. The molecule has 1 N–H and O–H groups in total. The molecular formula is C18H30N2S. The molecule has 0 spiro atoms. The van der Waals surface area contributed by atoms with Crippen LogP contribution in [0.2, 0.25) is 0 Å². The zero-order valence-electron chi connectivity index (χ0n) is 14.1. The van der Waals surface area contributed by atoms with Crippen molar-refractivity contribution in [2.45, 2.75) is 64.5 Å². The highest BCUT2D eigenvalue weighted by Crippen LogP contribution is 2.26. The van der Waals surface area contributed by atoms with Gasteiger partial charge in [-0.1, -0.05) is 31.2 Å². The molecule has 21 heavy (non-hydrogen) atoms. The van der Waals surface area contributed by atoms with Gasteiger partial charge in [-0.25, -0.2) is 0 Å². The first-order valence-electron chi connectivity index (χ1n) is 8.04. The lowest BCUT2D eigenvalue weighted by molar-refractivity contribution is 0.203. The van der Waals surface area contributed by atoms with Gasteiger partial charge in [-0.3, -0.25) is 4.90 Å². The summed E-state index contributed by atoms with van der Waals surface area (Å²) >= 11 is 2.10. The standard InChI is InChI=1S/C18H30N2S/c1-14-15(2)21-11-10-20(14)13-17-9-7-6-8-16(17)12-19-18(3,4)5/h6-9,14-15,19H,10-13H2,1-5H3. The van der Waals surface area contributed by atoms with Gasteiger partial charge >= 0.3 is 0 Å². The SMILES string of the molecule is CC1SCCN(Cc2ccccc2CNC(C)(C)C)C1C. The van der Waals surface area contributed by atoms with Gasteiger partial charge in [0.25, 0.3) is 0 Å². The van der Waals surface area contributed by atoms with E-state index in [1.807, 2.05) is 0 Å². The lowest BCUT2D eigenvalue weighted by Gasteiger charge is -2.38. The molecule has 0 aliphatic carbocycles. The van der Waals surface area contributed by atoms with Gasteiger partial charge in [0.2, 0.25) is 0 Å². The van der Waals surface area contributed by atoms with Gasteiger partial charge < -0.3 is 5.32 Å². The van der Waals surface area contributed by atoms with E-state index in [0.29, 0.717) is 6.04 Å². The third kappa shape index (κ3) is 5.01. The third-order valence-corrected chi connectivity index (χ3v) is 5.65. The number of benzene rings is 1. The van der Waals surface area contributed by atoms with E-state index >= 15 is 0 Å². The number of nitrogens with one attached hydrogen (secondary N) is 1. The topological polar surface area (TPSA) is 15.3 Å². The van der Waals surface area contributed by atoms with E-state index < -0.39 is 0 Å². The molecule has 2 rings (SSSR count). The monoisotopic (exact) mass is 306 g/mol. The van der Waals surface area contributed by atoms with Gasteiger partial charge in [0, 0.05) is 42.2 Å². The highest BCUT2D eigenvalue weighted by Gasteiger charge is 2.25. The van der Waals surface area contributed by atoms with E-state index in [0.717, 1.165) is 18.3 Å². The Morgan fingerprint density at radius 1 is 1.19 bits per heavy atom. The van der Waals surface area contributed by atoms with Crippen LogP contribution in [0.5, 0.6) is 0 Å². The van der Waals surface area contributed by atoms with Gasteiger partial charge in [-0.05, 0) is 38.8 Å². The number of hydrogen-bond acceptors (Lipinski definition) is 3. The second-order valence-electron chi connectivity index (χ2n) is 7.16. The normalized spacial score (nSPS) is 24.2. The summed E-state index contributed by atoms with van der Waals surface area (Å²) in [5.41, 5.74) is 3.07. The lowest BCUT2D eigenvalue weighted by atomic mass is 10.0. The predicted octanol–water partition coefficient (Wildman–Crippen LogP) is 3.90. The maximum atomic E-state index is 3.61. The number of hydrogen-bond donors (Lipinski definition) is 1. The Balaban J connectivity index is 2.05.